The van der Waals surface area contributed by atoms with Gasteiger partial charge in [-0.2, -0.15) is 0 Å². The molecule has 3 aromatic carbocycles. The third-order valence-electron chi connectivity index (χ3n) is 7.66. The second kappa shape index (κ2) is 13.0. The van der Waals surface area contributed by atoms with Crippen molar-refractivity contribution in [1.29, 1.82) is 0 Å². The number of rotatable bonds is 9. The van der Waals surface area contributed by atoms with E-state index in [-0.39, 0.29) is 18.4 Å². The summed E-state index contributed by atoms with van der Waals surface area (Å²) in [5, 5.41) is 8.88. The van der Waals surface area contributed by atoms with Crippen LogP contribution in [0.5, 0.6) is 0 Å². The molecule has 43 heavy (non-hydrogen) atoms. The highest BCUT2D eigenvalue weighted by molar-refractivity contribution is 7.12. The lowest BCUT2D eigenvalue weighted by molar-refractivity contribution is -0.144. The fraction of sp³-hybridized carbons (Fsp3) is 0.206. The average Bonchev–Trinajstić information content (AvgIpc) is 3.74. The summed E-state index contributed by atoms with van der Waals surface area (Å²) >= 11 is 1.52. The van der Waals surface area contributed by atoms with Gasteiger partial charge in [-0.3, -0.25) is 9.59 Å². The van der Waals surface area contributed by atoms with Gasteiger partial charge in [0.05, 0.1) is 23.1 Å². The van der Waals surface area contributed by atoms with Crippen molar-refractivity contribution in [2.75, 3.05) is 6.54 Å². The summed E-state index contributed by atoms with van der Waals surface area (Å²) in [6.45, 7) is 3.36. The van der Waals surface area contributed by atoms with Crippen LogP contribution in [0.2, 0.25) is 0 Å². The van der Waals surface area contributed by atoms with E-state index in [1.807, 2.05) is 78.6 Å². The van der Waals surface area contributed by atoms with E-state index in [0.29, 0.717) is 19.5 Å². The lowest BCUT2D eigenvalue weighted by atomic mass is 9.97. The minimum absolute atomic E-state index is 0.0482. The lowest BCUT2D eigenvalue weighted by Gasteiger charge is -2.36. The Kier molecular flexibility index (Phi) is 8.51. The summed E-state index contributed by atoms with van der Waals surface area (Å²) in [4.78, 5) is 37.3. The van der Waals surface area contributed by atoms with Crippen LogP contribution in [-0.4, -0.2) is 54.2 Å². The Hall–Kier alpha value is -4.89. The second-order valence-corrected chi connectivity index (χ2v) is 11.8. The van der Waals surface area contributed by atoms with Crippen molar-refractivity contribution in [2.24, 2.45) is 0 Å². The van der Waals surface area contributed by atoms with Crippen LogP contribution in [0.15, 0.2) is 104 Å². The van der Waals surface area contributed by atoms with Gasteiger partial charge < -0.3 is 9.80 Å². The van der Waals surface area contributed by atoms with Gasteiger partial charge in [0.1, 0.15) is 6.04 Å². The Morgan fingerprint density at radius 1 is 0.977 bits per heavy atom. The molecule has 0 spiro atoms. The van der Waals surface area contributed by atoms with Crippen LogP contribution in [0.25, 0.3) is 11.8 Å². The quantitative estimate of drug-likeness (QED) is 0.219. The van der Waals surface area contributed by atoms with E-state index >= 15 is 0 Å². The highest BCUT2D eigenvalue weighted by Gasteiger charge is 2.34. The lowest BCUT2D eigenvalue weighted by Crippen LogP contribution is -2.52. The molecule has 8 nitrogen and oxygen atoms in total. The van der Waals surface area contributed by atoms with Gasteiger partial charge in [0.2, 0.25) is 11.8 Å². The number of aromatic nitrogens is 4. The smallest absolute Gasteiger partial charge is 0.247 e. The third-order valence-corrected chi connectivity index (χ3v) is 8.54. The molecule has 1 aliphatic rings. The monoisotopic (exact) mass is 588 g/mol. The minimum atomic E-state index is -0.692. The molecule has 1 atom stereocenters. The number of amides is 2. The maximum absolute atomic E-state index is 14.4. The number of carbonyl (C=O) groups excluding carboxylic acids is 2. The molecule has 2 aromatic heterocycles. The summed E-state index contributed by atoms with van der Waals surface area (Å²) in [5.41, 5.74) is 5.20. The molecule has 0 bridgehead atoms. The first-order valence-electron chi connectivity index (χ1n) is 14.3. The number of carbonyl (C=O) groups is 2. The molecule has 0 fully saturated rings. The molecule has 0 radical (unpaired) electrons. The molecule has 6 rings (SSSR count). The highest BCUT2D eigenvalue weighted by Crippen LogP contribution is 2.24. The Bertz CT molecular complexity index is 1710. The molecule has 2 amide bonds. The molecule has 5 aromatic rings. The van der Waals surface area contributed by atoms with E-state index in [1.54, 1.807) is 40.3 Å². The summed E-state index contributed by atoms with van der Waals surface area (Å²) in [7, 11) is 0. The molecule has 0 saturated heterocycles. The van der Waals surface area contributed by atoms with Crippen LogP contribution in [0.4, 0.5) is 0 Å². The van der Waals surface area contributed by atoms with Gasteiger partial charge in [-0.25, -0.2) is 9.67 Å². The number of thiazole rings is 1. The van der Waals surface area contributed by atoms with Gasteiger partial charge in [-0.1, -0.05) is 71.9 Å². The Labute approximate surface area is 254 Å². The van der Waals surface area contributed by atoms with Crippen LogP contribution >= 0.6 is 11.3 Å². The SMILES string of the molecule is Cc1ncc(C=CC(=O)N(Cc2ccc(-n3ccnn3)cc2)C(Cc2ccccc2)C(=O)N2CCc3ccccc3C2)s1. The van der Waals surface area contributed by atoms with Crippen molar-refractivity contribution in [3.8, 4) is 5.69 Å². The maximum Gasteiger partial charge on any atom is 0.247 e. The fourth-order valence-corrected chi connectivity index (χ4v) is 6.09. The van der Waals surface area contributed by atoms with Crippen LogP contribution < -0.4 is 0 Å². The van der Waals surface area contributed by atoms with Gasteiger partial charge >= 0.3 is 0 Å². The summed E-state index contributed by atoms with van der Waals surface area (Å²) < 4.78 is 1.68. The predicted octanol–water partition coefficient (Wildman–Crippen LogP) is 5.27. The van der Waals surface area contributed by atoms with Crippen LogP contribution in [0.1, 0.15) is 32.1 Å². The molecule has 0 N–H and O–H groups in total. The van der Waals surface area contributed by atoms with Gasteiger partial charge in [0.25, 0.3) is 0 Å². The topological polar surface area (TPSA) is 84.2 Å². The van der Waals surface area contributed by atoms with Crippen LogP contribution in [0, 0.1) is 6.92 Å². The largest absolute Gasteiger partial charge is 0.336 e. The Morgan fingerprint density at radius 2 is 1.74 bits per heavy atom. The van der Waals surface area contributed by atoms with Crippen molar-refractivity contribution in [3.05, 3.63) is 136 Å². The normalized spacial score (nSPS) is 13.6. The van der Waals surface area contributed by atoms with E-state index in [4.69, 9.17) is 0 Å². The van der Waals surface area contributed by atoms with Crippen LogP contribution in [0.3, 0.4) is 0 Å². The van der Waals surface area contributed by atoms with Crippen LogP contribution in [-0.2, 0) is 35.5 Å². The molecule has 1 aliphatic heterocycles. The zero-order chi connectivity index (χ0) is 29.6. The fourth-order valence-electron chi connectivity index (χ4n) is 5.41. The number of fused-ring (bicyclic) bond motifs is 1. The summed E-state index contributed by atoms with van der Waals surface area (Å²) in [5.74, 6) is -0.272. The Balaban J connectivity index is 1.34. The standard InChI is InChI=1S/C34H32N6O2S/c1-25-35-22-31(43-25)15-16-33(41)39(23-27-11-13-30(14-12-27)40-20-18-36-37-40)32(21-26-7-3-2-4-8-26)34(42)38-19-17-28-9-5-6-10-29(28)24-38/h2-16,18,20,22,32H,17,19,21,23-24H2,1H3. The molecule has 0 saturated carbocycles. The zero-order valence-electron chi connectivity index (χ0n) is 23.9. The number of aryl methyl sites for hydroxylation is 1. The maximum atomic E-state index is 14.4. The molecule has 3 heterocycles. The molecular weight excluding hydrogens is 556 g/mol. The third kappa shape index (κ3) is 6.79. The molecule has 1 unspecified atom stereocenters. The van der Waals surface area contributed by atoms with Crippen molar-refractivity contribution in [2.45, 2.75) is 38.9 Å². The number of hydrogen-bond donors (Lipinski definition) is 0. The molecule has 0 aliphatic carbocycles. The van der Waals surface area contributed by atoms with Crippen molar-refractivity contribution in [3.63, 3.8) is 0 Å². The number of benzene rings is 3. The zero-order valence-corrected chi connectivity index (χ0v) is 24.7. The first kappa shape index (κ1) is 28.2. The first-order chi connectivity index (χ1) is 21.0. The minimum Gasteiger partial charge on any atom is -0.336 e. The van der Waals surface area contributed by atoms with E-state index < -0.39 is 6.04 Å². The first-order valence-corrected chi connectivity index (χ1v) is 15.1. The predicted molar refractivity (Wildman–Crippen MR) is 167 cm³/mol. The molecular formula is C34H32N6O2S. The van der Waals surface area contributed by atoms with E-state index in [1.165, 1.54) is 16.9 Å². The number of hydrogen-bond acceptors (Lipinski definition) is 6. The van der Waals surface area contributed by atoms with Gasteiger partial charge in [0, 0.05) is 43.2 Å². The van der Waals surface area contributed by atoms with Gasteiger partial charge in [-0.05, 0) is 53.8 Å². The summed E-state index contributed by atoms with van der Waals surface area (Å²) in [6.07, 6.45) is 9.72. The van der Waals surface area contributed by atoms with Gasteiger partial charge in [-0.15, -0.1) is 16.4 Å². The molecule has 9 heteroatoms. The Morgan fingerprint density at radius 3 is 2.47 bits per heavy atom. The number of nitrogens with zero attached hydrogens (tertiary/aromatic N) is 6. The molecule has 216 valence electrons. The van der Waals surface area contributed by atoms with E-state index in [2.05, 4.69) is 27.4 Å². The van der Waals surface area contributed by atoms with Crippen molar-refractivity contribution >= 4 is 29.2 Å². The van der Waals surface area contributed by atoms with Crippen molar-refractivity contribution in [1.82, 2.24) is 29.8 Å². The van der Waals surface area contributed by atoms with Crippen molar-refractivity contribution < 1.29 is 9.59 Å². The second-order valence-electron chi connectivity index (χ2n) is 10.6. The van der Waals surface area contributed by atoms with Gasteiger partial charge in [0.15, 0.2) is 0 Å². The highest BCUT2D eigenvalue weighted by atomic mass is 32.1. The van der Waals surface area contributed by atoms with E-state index in [0.717, 1.165) is 38.7 Å². The van der Waals surface area contributed by atoms with E-state index in [9.17, 15) is 9.59 Å². The summed E-state index contributed by atoms with van der Waals surface area (Å²) in [6, 6.07) is 25.3. The average molecular weight is 589 g/mol.